The van der Waals surface area contributed by atoms with Crippen molar-refractivity contribution in [1.29, 1.82) is 0 Å². The summed E-state index contributed by atoms with van der Waals surface area (Å²) in [5.41, 5.74) is 0.839. The molecule has 0 amide bonds. The van der Waals surface area contributed by atoms with Crippen molar-refractivity contribution in [2.24, 2.45) is 0 Å². The first kappa shape index (κ1) is 12.1. The Morgan fingerprint density at radius 1 is 1.33 bits per heavy atom. The van der Waals surface area contributed by atoms with Crippen molar-refractivity contribution in [3.05, 3.63) is 17.3 Å². The maximum atomic E-state index is 5.88. The number of rotatable bonds is 4. The fraction of sp³-hybridized carbons (Fsp3) is 0.545. The van der Waals surface area contributed by atoms with Gasteiger partial charge in [0.05, 0.1) is 16.8 Å². The van der Waals surface area contributed by atoms with Gasteiger partial charge in [0.25, 0.3) is 0 Å². The summed E-state index contributed by atoms with van der Waals surface area (Å²) in [5, 5.41) is 3.85. The normalized spacial score (nSPS) is 10.9. The number of halogens is 1. The van der Waals surface area contributed by atoms with Gasteiger partial charge in [0.1, 0.15) is 0 Å². The zero-order chi connectivity index (χ0) is 11.4. The summed E-state index contributed by atoms with van der Waals surface area (Å²) < 4.78 is 5.57. The van der Waals surface area contributed by atoms with Crippen LogP contribution < -0.4 is 10.1 Å². The number of pyridine rings is 1. The molecule has 84 valence electrons. The Balaban J connectivity index is 2.92. The largest absolute Gasteiger partial charge is 0.473 e. The van der Waals surface area contributed by atoms with Gasteiger partial charge in [-0.05, 0) is 33.8 Å². The third-order valence-corrected chi connectivity index (χ3v) is 1.82. The van der Waals surface area contributed by atoms with Crippen LogP contribution in [0.15, 0.2) is 12.3 Å². The molecule has 0 saturated heterocycles. The predicted octanol–water partition coefficient (Wildman–Crippen LogP) is 3.34. The number of aromatic nitrogens is 1. The monoisotopic (exact) mass is 228 g/mol. The second kappa shape index (κ2) is 5.21. The highest BCUT2D eigenvalue weighted by molar-refractivity contribution is 6.30. The van der Waals surface area contributed by atoms with Crippen LogP contribution in [0.4, 0.5) is 5.69 Å². The van der Waals surface area contributed by atoms with Gasteiger partial charge in [-0.3, -0.25) is 0 Å². The van der Waals surface area contributed by atoms with Crippen LogP contribution in [0.3, 0.4) is 0 Å². The minimum absolute atomic E-state index is 0.103. The lowest BCUT2D eigenvalue weighted by molar-refractivity contribution is 0.234. The Labute approximate surface area is 95.8 Å². The van der Waals surface area contributed by atoms with E-state index in [4.69, 9.17) is 16.3 Å². The summed E-state index contributed by atoms with van der Waals surface area (Å²) in [6.07, 6.45) is 1.69. The molecule has 1 N–H and O–H groups in total. The molecule has 15 heavy (non-hydrogen) atoms. The number of nitrogens with zero attached hydrogens (tertiary/aromatic N) is 1. The van der Waals surface area contributed by atoms with E-state index < -0.39 is 0 Å². The molecule has 1 aromatic rings. The number of nitrogens with one attached hydrogen (secondary N) is 1. The first-order valence-corrected chi connectivity index (χ1v) is 5.45. The second-order valence-electron chi connectivity index (χ2n) is 3.97. The molecule has 4 heteroatoms. The molecule has 1 rings (SSSR count). The average Bonchev–Trinajstić information content (AvgIpc) is 2.08. The molecule has 0 fully saturated rings. The van der Waals surface area contributed by atoms with Crippen molar-refractivity contribution in [2.45, 2.75) is 39.8 Å². The van der Waals surface area contributed by atoms with Crippen molar-refractivity contribution >= 4 is 17.3 Å². The van der Waals surface area contributed by atoms with Crippen molar-refractivity contribution in [3.63, 3.8) is 0 Å². The van der Waals surface area contributed by atoms with Gasteiger partial charge in [0.15, 0.2) is 0 Å². The lowest BCUT2D eigenvalue weighted by Gasteiger charge is -2.16. The smallest absolute Gasteiger partial charge is 0.237 e. The van der Waals surface area contributed by atoms with E-state index >= 15 is 0 Å². The first-order chi connectivity index (χ1) is 6.99. The Bertz CT molecular complexity index is 326. The lowest BCUT2D eigenvalue weighted by atomic mass is 10.3. The van der Waals surface area contributed by atoms with Crippen LogP contribution >= 0.6 is 11.6 Å². The Kier molecular flexibility index (Phi) is 4.21. The van der Waals surface area contributed by atoms with E-state index in [2.05, 4.69) is 24.1 Å². The molecule has 0 aliphatic heterocycles. The number of anilines is 1. The summed E-state index contributed by atoms with van der Waals surface area (Å²) in [6, 6.07) is 2.14. The van der Waals surface area contributed by atoms with Gasteiger partial charge in [0.2, 0.25) is 5.88 Å². The number of hydrogen-bond acceptors (Lipinski definition) is 3. The topological polar surface area (TPSA) is 34.2 Å². The number of ether oxygens (including phenoxy) is 1. The molecular weight excluding hydrogens is 212 g/mol. The van der Waals surface area contributed by atoms with Gasteiger partial charge in [0, 0.05) is 12.2 Å². The fourth-order valence-corrected chi connectivity index (χ4v) is 1.32. The fourth-order valence-electron chi connectivity index (χ4n) is 1.16. The Morgan fingerprint density at radius 3 is 2.53 bits per heavy atom. The summed E-state index contributed by atoms with van der Waals surface area (Å²) in [4.78, 5) is 4.15. The van der Waals surface area contributed by atoms with Crippen LogP contribution in [0.25, 0.3) is 0 Å². The Hall–Kier alpha value is -0.960. The van der Waals surface area contributed by atoms with E-state index in [1.54, 1.807) is 6.20 Å². The molecule has 1 aromatic heterocycles. The van der Waals surface area contributed by atoms with Gasteiger partial charge < -0.3 is 10.1 Å². The van der Waals surface area contributed by atoms with Crippen LogP contribution in [0.1, 0.15) is 27.7 Å². The minimum Gasteiger partial charge on any atom is -0.473 e. The molecule has 0 unspecified atom stereocenters. The third-order valence-electron chi connectivity index (χ3n) is 1.61. The van der Waals surface area contributed by atoms with Gasteiger partial charge in [-0.25, -0.2) is 4.98 Å². The Morgan fingerprint density at radius 2 is 2.00 bits per heavy atom. The van der Waals surface area contributed by atoms with E-state index in [-0.39, 0.29) is 6.10 Å². The summed E-state index contributed by atoms with van der Waals surface area (Å²) in [7, 11) is 0. The van der Waals surface area contributed by atoms with Crippen LogP contribution in [-0.4, -0.2) is 17.1 Å². The van der Waals surface area contributed by atoms with Crippen molar-refractivity contribution in [2.75, 3.05) is 5.32 Å². The summed E-state index contributed by atoms with van der Waals surface area (Å²) in [5.74, 6) is 0.600. The van der Waals surface area contributed by atoms with Crippen LogP contribution in [0.2, 0.25) is 5.02 Å². The molecule has 0 aliphatic rings. The molecule has 0 aliphatic carbocycles. The van der Waals surface area contributed by atoms with E-state index in [9.17, 15) is 0 Å². The molecule has 0 spiro atoms. The minimum atomic E-state index is 0.103. The molecule has 0 bridgehead atoms. The van der Waals surface area contributed by atoms with Crippen molar-refractivity contribution < 1.29 is 4.74 Å². The standard InChI is InChI=1S/C11H17ClN2O/c1-7(2)14-10-5-9(12)6-13-11(10)15-8(3)4/h5-8,14H,1-4H3. The quantitative estimate of drug-likeness (QED) is 0.858. The third kappa shape index (κ3) is 3.96. The zero-order valence-corrected chi connectivity index (χ0v) is 10.3. The molecule has 3 nitrogen and oxygen atoms in total. The zero-order valence-electron chi connectivity index (χ0n) is 9.54. The molecule has 0 radical (unpaired) electrons. The molecule has 0 saturated carbocycles. The number of hydrogen-bond donors (Lipinski definition) is 1. The van der Waals surface area contributed by atoms with E-state index in [0.717, 1.165) is 5.69 Å². The summed E-state index contributed by atoms with van der Waals surface area (Å²) in [6.45, 7) is 8.05. The van der Waals surface area contributed by atoms with Crippen molar-refractivity contribution in [1.82, 2.24) is 4.98 Å². The van der Waals surface area contributed by atoms with Gasteiger partial charge in [-0.15, -0.1) is 0 Å². The van der Waals surface area contributed by atoms with E-state index in [0.29, 0.717) is 16.9 Å². The van der Waals surface area contributed by atoms with Gasteiger partial charge in [-0.2, -0.15) is 0 Å². The highest BCUT2D eigenvalue weighted by atomic mass is 35.5. The van der Waals surface area contributed by atoms with Crippen LogP contribution in [0, 0.1) is 0 Å². The summed E-state index contributed by atoms with van der Waals surface area (Å²) >= 11 is 5.88. The van der Waals surface area contributed by atoms with E-state index in [1.165, 1.54) is 0 Å². The highest BCUT2D eigenvalue weighted by Gasteiger charge is 2.08. The maximum Gasteiger partial charge on any atom is 0.237 e. The highest BCUT2D eigenvalue weighted by Crippen LogP contribution is 2.26. The maximum absolute atomic E-state index is 5.88. The first-order valence-electron chi connectivity index (χ1n) is 5.07. The molecule has 0 atom stereocenters. The second-order valence-corrected chi connectivity index (χ2v) is 4.41. The van der Waals surface area contributed by atoms with Gasteiger partial charge in [-0.1, -0.05) is 11.6 Å². The van der Waals surface area contributed by atoms with E-state index in [1.807, 2.05) is 19.9 Å². The van der Waals surface area contributed by atoms with Crippen LogP contribution in [0.5, 0.6) is 5.88 Å². The SMILES string of the molecule is CC(C)Nc1cc(Cl)cnc1OC(C)C. The molecular formula is C11H17ClN2O. The van der Waals surface area contributed by atoms with Gasteiger partial charge >= 0.3 is 0 Å². The predicted molar refractivity (Wildman–Crippen MR) is 63.8 cm³/mol. The molecule has 1 heterocycles. The van der Waals surface area contributed by atoms with Crippen molar-refractivity contribution in [3.8, 4) is 5.88 Å². The lowest BCUT2D eigenvalue weighted by Crippen LogP contribution is -2.14. The van der Waals surface area contributed by atoms with Crippen LogP contribution in [-0.2, 0) is 0 Å². The molecule has 0 aromatic carbocycles. The average molecular weight is 229 g/mol.